The van der Waals surface area contributed by atoms with E-state index in [9.17, 15) is 4.79 Å². The van der Waals surface area contributed by atoms with Crippen molar-refractivity contribution < 1.29 is 4.79 Å². The standard InChI is InChI=1S/C10H17N5O/c1-7-12-10(14-13-7)8-4-2-3-5-15(8)6-9(11)16/h8H,2-6H2,1H3,(H2,11,16)(H,12,13,14)/t8-/m1/s1. The second-order valence-corrected chi connectivity index (χ2v) is 4.23. The van der Waals surface area contributed by atoms with E-state index >= 15 is 0 Å². The molecule has 0 radical (unpaired) electrons. The average Bonchev–Trinajstić information content (AvgIpc) is 2.65. The van der Waals surface area contributed by atoms with Crippen molar-refractivity contribution in [2.45, 2.75) is 32.2 Å². The summed E-state index contributed by atoms with van der Waals surface area (Å²) in [7, 11) is 0. The van der Waals surface area contributed by atoms with Gasteiger partial charge in [-0.2, -0.15) is 5.10 Å². The number of hydrogen-bond acceptors (Lipinski definition) is 4. The Bertz CT molecular complexity index is 375. The number of H-pyrrole nitrogens is 1. The number of hydrogen-bond donors (Lipinski definition) is 2. The van der Waals surface area contributed by atoms with Gasteiger partial charge in [-0.25, -0.2) is 4.98 Å². The molecule has 1 atom stereocenters. The second kappa shape index (κ2) is 4.61. The van der Waals surface area contributed by atoms with Gasteiger partial charge in [0.15, 0.2) is 5.82 Å². The van der Waals surface area contributed by atoms with Crippen molar-refractivity contribution in [3.05, 3.63) is 11.6 Å². The van der Waals surface area contributed by atoms with Crippen LogP contribution in [0.2, 0.25) is 0 Å². The average molecular weight is 223 g/mol. The van der Waals surface area contributed by atoms with Crippen LogP contribution in [0.15, 0.2) is 0 Å². The van der Waals surface area contributed by atoms with Crippen molar-refractivity contribution >= 4 is 5.91 Å². The highest BCUT2D eigenvalue weighted by molar-refractivity contribution is 5.76. The number of nitrogens with zero attached hydrogens (tertiary/aromatic N) is 3. The molecule has 0 aliphatic carbocycles. The second-order valence-electron chi connectivity index (χ2n) is 4.23. The van der Waals surface area contributed by atoms with E-state index in [0.29, 0.717) is 0 Å². The summed E-state index contributed by atoms with van der Waals surface area (Å²) in [5.41, 5.74) is 5.24. The van der Waals surface area contributed by atoms with Gasteiger partial charge in [-0.05, 0) is 26.3 Å². The molecule has 1 aromatic heterocycles. The maximum absolute atomic E-state index is 11.0. The lowest BCUT2D eigenvalue weighted by Gasteiger charge is -2.32. The molecule has 0 bridgehead atoms. The minimum absolute atomic E-state index is 0.131. The Morgan fingerprint density at radius 3 is 3.06 bits per heavy atom. The highest BCUT2D eigenvalue weighted by atomic mass is 16.1. The van der Waals surface area contributed by atoms with Crippen LogP contribution in [0.4, 0.5) is 0 Å². The van der Waals surface area contributed by atoms with E-state index in [1.165, 1.54) is 0 Å². The fourth-order valence-corrected chi connectivity index (χ4v) is 2.18. The molecule has 2 heterocycles. The van der Waals surface area contributed by atoms with Gasteiger partial charge < -0.3 is 5.73 Å². The smallest absolute Gasteiger partial charge is 0.231 e. The van der Waals surface area contributed by atoms with E-state index in [0.717, 1.165) is 37.5 Å². The number of primary amides is 1. The quantitative estimate of drug-likeness (QED) is 0.762. The zero-order valence-corrected chi connectivity index (χ0v) is 9.44. The van der Waals surface area contributed by atoms with Crippen molar-refractivity contribution in [2.24, 2.45) is 5.73 Å². The molecule has 0 unspecified atom stereocenters. The molecule has 1 aliphatic rings. The summed E-state index contributed by atoms with van der Waals surface area (Å²) in [6.45, 7) is 3.05. The summed E-state index contributed by atoms with van der Waals surface area (Å²) in [6.07, 6.45) is 3.24. The number of carbonyl (C=O) groups excluding carboxylic acids is 1. The Morgan fingerprint density at radius 2 is 2.44 bits per heavy atom. The van der Waals surface area contributed by atoms with Crippen LogP contribution < -0.4 is 5.73 Å². The van der Waals surface area contributed by atoms with Crippen molar-refractivity contribution in [1.29, 1.82) is 0 Å². The van der Waals surface area contributed by atoms with Gasteiger partial charge in [0, 0.05) is 0 Å². The minimum atomic E-state index is -0.292. The molecule has 0 saturated carbocycles. The zero-order valence-electron chi connectivity index (χ0n) is 9.44. The lowest BCUT2D eigenvalue weighted by atomic mass is 10.0. The van der Waals surface area contributed by atoms with Crippen LogP contribution in [0, 0.1) is 6.92 Å². The highest BCUT2D eigenvalue weighted by Crippen LogP contribution is 2.28. The number of piperidine rings is 1. The van der Waals surface area contributed by atoms with Gasteiger partial charge in [-0.1, -0.05) is 6.42 Å². The zero-order chi connectivity index (χ0) is 11.5. The molecule has 1 saturated heterocycles. The Kier molecular flexibility index (Phi) is 3.19. The number of likely N-dealkylation sites (tertiary alicyclic amines) is 1. The van der Waals surface area contributed by atoms with Gasteiger partial charge in [-0.3, -0.25) is 14.8 Å². The summed E-state index contributed by atoms with van der Waals surface area (Å²) in [6, 6.07) is 0.131. The fraction of sp³-hybridized carbons (Fsp3) is 0.700. The summed E-state index contributed by atoms with van der Waals surface area (Å²) in [5, 5.41) is 7.00. The number of nitrogens with two attached hydrogens (primary N) is 1. The molecule has 1 aromatic rings. The van der Waals surface area contributed by atoms with Crippen molar-refractivity contribution in [3.63, 3.8) is 0 Å². The van der Waals surface area contributed by atoms with Gasteiger partial charge >= 0.3 is 0 Å². The van der Waals surface area contributed by atoms with E-state index in [-0.39, 0.29) is 18.5 Å². The van der Waals surface area contributed by atoms with E-state index in [2.05, 4.69) is 20.1 Å². The first-order valence-electron chi connectivity index (χ1n) is 5.58. The molecule has 6 heteroatoms. The summed E-state index contributed by atoms with van der Waals surface area (Å²) >= 11 is 0. The topological polar surface area (TPSA) is 87.9 Å². The first-order valence-corrected chi connectivity index (χ1v) is 5.58. The largest absolute Gasteiger partial charge is 0.369 e. The SMILES string of the molecule is Cc1nc([C@H]2CCCCN2CC(N)=O)n[nH]1. The molecule has 2 rings (SSSR count). The Balaban J connectivity index is 2.12. The Hall–Kier alpha value is -1.43. The van der Waals surface area contributed by atoms with Crippen LogP contribution in [0.3, 0.4) is 0 Å². The van der Waals surface area contributed by atoms with E-state index in [4.69, 9.17) is 5.73 Å². The van der Waals surface area contributed by atoms with E-state index in [1.54, 1.807) is 0 Å². The van der Waals surface area contributed by atoms with Crippen LogP contribution in [-0.2, 0) is 4.79 Å². The number of carbonyl (C=O) groups is 1. The van der Waals surface area contributed by atoms with Crippen molar-refractivity contribution in [2.75, 3.05) is 13.1 Å². The third-order valence-corrected chi connectivity index (χ3v) is 2.89. The number of aromatic amines is 1. The third-order valence-electron chi connectivity index (χ3n) is 2.89. The monoisotopic (exact) mass is 223 g/mol. The number of amides is 1. The number of nitrogens with one attached hydrogen (secondary N) is 1. The van der Waals surface area contributed by atoms with E-state index < -0.39 is 0 Å². The van der Waals surface area contributed by atoms with Crippen LogP contribution >= 0.6 is 0 Å². The van der Waals surface area contributed by atoms with Crippen LogP contribution in [0.25, 0.3) is 0 Å². The highest BCUT2D eigenvalue weighted by Gasteiger charge is 2.27. The predicted molar refractivity (Wildman–Crippen MR) is 58.5 cm³/mol. The minimum Gasteiger partial charge on any atom is -0.369 e. The molecule has 6 nitrogen and oxygen atoms in total. The molecular formula is C10H17N5O. The molecule has 88 valence electrons. The van der Waals surface area contributed by atoms with Crippen molar-refractivity contribution in [3.8, 4) is 0 Å². The summed E-state index contributed by atoms with van der Waals surface area (Å²) in [5.74, 6) is 1.29. The maximum Gasteiger partial charge on any atom is 0.231 e. The fourth-order valence-electron chi connectivity index (χ4n) is 2.18. The molecule has 0 spiro atoms. The lowest BCUT2D eigenvalue weighted by molar-refractivity contribution is -0.120. The molecule has 16 heavy (non-hydrogen) atoms. The maximum atomic E-state index is 11.0. The van der Waals surface area contributed by atoms with Gasteiger partial charge in [0.2, 0.25) is 5.91 Å². The summed E-state index contributed by atoms with van der Waals surface area (Å²) < 4.78 is 0. The van der Waals surface area contributed by atoms with Gasteiger partial charge in [0.25, 0.3) is 0 Å². The van der Waals surface area contributed by atoms with Gasteiger partial charge in [-0.15, -0.1) is 0 Å². The Labute approximate surface area is 94.2 Å². The number of aromatic nitrogens is 3. The molecule has 1 amide bonds. The Morgan fingerprint density at radius 1 is 1.62 bits per heavy atom. The number of rotatable bonds is 3. The molecule has 3 N–H and O–H groups in total. The summed E-state index contributed by atoms with van der Waals surface area (Å²) in [4.78, 5) is 17.4. The van der Waals surface area contributed by atoms with Crippen LogP contribution in [-0.4, -0.2) is 39.1 Å². The number of aryl methyl sites for hydroxylation is 1. The third kappa shape index (κ3) is 2.38. The first-order chi connectivity index (χ1) is 7.66. The first kappa shape index (κ1) is 11.1. The van der Waals surface area contributed by atoms with Crippen LogP contribution in [0.1, 0.15) is 37.0 Å². The van der Waals surface area contributed by atoms with Gasteiger partial charge in [0.1, 0.15) is 5.82 Å². The predicted octanol–water partition coefficient (Wildman–Crippen LogP) is 0.125. The van der Waals surface area contributed by atoms with Gasteiger partial charge in [0.05, 0.1) is 12.6 Å². The molecule has 0 aromatic carbocycles. The molecule has 1 aliphatic heterocycles. The molecular weight excluding hydrogens is 206 g/mol. The lowest BCUT2D eigenvalue weighted by Crippen LogP contribution is -2.40. The van der Waals surface area contributed by atoms with Crippen LogP contribution in [0.5, 0.6) is 0 Å². The molecule has 1 fully saturated rings. The van der Waals surface area contributed by atoms with E-state index in [1.807, 2.05) is 6.92 Å². The normalized spacial score (nSPS) is 22.2. The van der Waals surface area contributed by atoms with Crippen molar-refractivity contribution in [1.82, 2.24) is 20.1 Å².